The molecule has 2 unspecified atom stereocenters. The number of hydrogen-bond acceptors (Lipinski definition) is 3. The summed E-state index contributed by atoms with van der Waals surface area (Å²) in [6.07, 6.45) is -1.90. The Kier molecular flexibility index (Phi) is 6.11. The van der Waals surface area contributed by atoms with E-state index in [9.17, 15) is 32.6 Å². The summed E-state index contributed by atoms with van der Waals surface area (Å²) < 4.78 is 52.4. The fraction of sp³-hybridized carbons (Fsp3) is 0.235. The first-order valence-corrected chi connectivity index (χ1v) is 7.30. The van der Waals surface area contributed by atoms with Crippen LogP contribution in [-0.2, 0) is 11.2 Å². The molecule has 0 saturated heterocycles. The minimum atomic E-state index is -1.97. The predicted octanol–water partition coefficient (Wildman–Crippen LogP) is 2.00. The van der Waals surface area contributed by atoms with Gasteiger partial charge in [0.1, 0.15) is 5.82 Å². The van der Waals surface area contributed by atoms with Crippen molar-refractivity contribution in [3.8, 4) is 0 Å². The Morgan fingerprint density at radius 2 is 1.72 bits per heavy atom. The van der Waals surface area contributed by atoms with Gasteiger partial charge in [-0.25, -0.2) is 17.6 Å². The molecule has 0 aromatic heterocycles. The summed E-state index contributed by atoms with van der Waals surface area (Å²) >= 11 is 0. The quantitative estimate of drug-likeness (QED) is 0.547. The zero-order valence-corrected chi connectivity index (χ0v) is 12.8. The standard InChI is InChI=1S/C17H15F4NO3/c18-11-3-1-2-9(4-11)5-12(8-23)22-17(25)16(24)10-6-13(19)15(21)14(20)7-10/h1-4,6-7,12,16,23-24H,5,8H2,(H,22,25). The highest BCUT2D eigenvalue weighted by atomic mass is 19.2. The fourth-order valence-corrected chi connectivity index (χ4v) is 2.27. The van der Waals surface area contributed by atoms with Crippen molar-refractivity contribution in [1.82, 2.24) is 5.32 Å². The lowest BCUT2D eigenvalue weighted by atomic mass is 10.0. The first-order chi connectivity index (χ1) is 11.8. The molecule has 2 aromatic carbocycles. The minimum Gasteiger partial charge on any atom is -0.394 e. The van der Waals surface area contributed by atoms with Crippen LogP contribution in [0.15, 0.2) is 36.4 Å². The van der Waals surface area contributed by atoms with Gasteiger partial charge in [0, 0.05) is 0 Å². The van der Waals surface area contributed by atoms with Crippen molar-refractivity contribution in [3.63, 3.8) is 0 Å². The molecule has 0 radical (unpaired) electrons. The molecule has 25 heavy (non-hydrogen) atoms. The lowest BCUT2D eigenvalue weighted by Crippen LogP contribution is -2.41. The fourth-order valence-electron chi connectivity index (χ4n) is 2.27. The third kappa shape index (κ3) is 4.77. The van der Waals surface area contributed by atoms with Gasteiger partial charge in [0.25, 0.3) is 5.91 Å². The number of rotatable bonds is 6. The van der Waals surface area contributed by atoms with E-state index in [0.717, 1.165) is 0 Å². The number of aliphatic hydroxyl groups excluding tert-OH is 2. The van der Waals surface area contributed by atoms with Crippen molar-refractivity contribution in [2.75, 3.05) is 6.61 Å². The van der Waals surface area contributed by atoms with Crippen LogP contribution in [0.25, 0.3) is 0 Å². The summed E-state index contributed by atoms with van der Waals surface area (Å²) in [7, 11) is 0. The molecule has 0 spiro atoms. The number of carbonyl (C=O) groups excluding carboxylic acids is 1. The highest BCUT2D eigenvalue weighted by Gasteiger charge is 2.23. The molecule has 4 nitrogen and oxygen atoms in total. The van der Waals surface area contributed by atoms with Gasteiger partial charge in [-0.15, -0.1) is 0 Å². The zero-order chi connectivity index (χ0) is 18.6. The molecule has 8 heteroatoms. The van der Waals surface area contributed by atoms with Crippen molar-refractivity contribution in [1.29, 1.82) is 0 Å². The van der Waals surface area contributed by atoms with Crippen LogP contribution in [-0.4, -0.2) is 28.8 Å². The largest absolute Gasteiger partial charge is 0.394 e. The Balaban J connectivity index is 2.08. The van der Waals surface area contributed by atoms with E-state index < -0.39 is 53.5 Å². The first kappa shape index (κ1) is 18.9. The molecule has 134 valence electrons. The molecule has 2 atom stereocenters. The molecule has 0 aliphatic rings. The maximum absolute atomic E-state index is 13.2. The van der Waals surface area contributed by atoms with Gasteiger partial charge in [-0.2, -0.15) is 0 Å². The van der Waals surface area contributed by atoms with Crippen LogP contribution in [0, 0.1) is 23.3 Å². The molecule has 0 aliphatic heterocycles. The second kappa shape index (κ2) is 8.09. The summed E-state index contributed by atoms with van der Waals surface area (Å²) in [6, 6.07) is 5.64. The Labute approximate surface area is 140 Å². The van der Waals surface area contributed by atoms with Crippen LogP contribution in [0.5, 0.6) is 0 Å². The highest BCUT2D eigenvalue weighted by Crippen LogP contribution is 2.20. The van der Waals surface area contributed by atoms with Gasteiger partial charge >= 0.3 is 0 Å². The third-order valence-corrected chi connectivity index (χ3v) is 3.51. The van der Waals surface area contributed by atoms with E-state index >= 15 is 0 Å². The van der Waals surface area contributed by atoms with Gasteiger partial charge in [0.2, 0.25) is 0 Å². The van der Waals surface area contributed by atoms with Crippen LogP contribution in [0.4, 0.5) is 17.6 Å². The molecular weight excluding hydrogens is 342 g/mol. The summed E-state index contributed by atoms with van der Waals surface area (Å²) in [4.78, 5) is 12.0. The lowest BCUT2D eigenvalue weighted by Gasteiger charge is -2.19. The number of benzene rings is 2. The molecule has 2 aromatic rings. The van der Waals surface area contributed by atoms with E-state index in [1.165, 1.54) is 18.2 Å². The number of nitrogens with one attached hydrogen (secondary N) is 1. The zero-order valence-electron chi connectivity index (χ0n) is 12.8. The SMILES string of the molecule is O=C(NC(CO)Cc1cccc(F)c1)C(O)c1cc(F)c(F)c(F)c1. The van der Waals surface area contributed by atoms with Gasteiger partial charge in [0.15, 0.2) is 23.6 Å². The van der Waals surface area contributed by atoms with Crippen LogP contribution in [0.3, 0.4) is 0 Å². The topological polar surface area (TPSA) is 69.6 Å². The van der Waals surface area contributed by atoms with Crippen molar-refractivity contribution >= 4 is 5.91 Å². The van der Waals surface area contributed by atoms with Crippen LogP contribution < -0.4 is 5.32 Å². The van der Waals surface area contributed by atoms with Crippen molar-refractivity contribution in [3.05, 3.63) is 70.8 Å². The lowest BCUT2D eigenvalue weighted by molar-refractivity contribution is -0.130. The minimum absolute atomic E-state index is 0.0683. The molecule has 3 N–H and O–H groups in total. The number of hydrogen-bond donors (Lipinski definition) is 3. The predicted molar refractivity (Wildman–Crippen MR) is 80.4 cm³/mol. The van der Waals surface area contributed by atoms with Gasteiger partial charge < -0.3 is 15.5 Å². The smallest absolute Gasteiger partial charge is 0.253 e. The Bertz CT molecular complexity index is 746. The second-order valence-electron chi connectivity index (χ2n) is 5.42. The molecular formula is C17H15F4NO3. The molecule has 0 bridgehead atoms. The summed E-state index contributed by atoms with van der Waals surface area (Å²) in [6.45, 7) is -0.513. The van der Waals surface area contributed by atoms with Gasteiger partial charge in [-0.05, 0) is 41.8 Å². The normalized spacial score (nSPS) is 13.4. The maximum Gasteiger partial charge on any atom is 0.253 e. The second-order valence-corrected chi connectivity index (χ2v) is 5.42. The number of carbonyl (C=O) groups is 1. The van der Waals surface area contributed by atoms with E-state index in [1.54, 1.807) is 6.07 Å². The average Bonchev–Trinajstić information content (AvgIpc) is 2.57. The van der Waals surface area contributed by atoms with Gasteiger partial charge in [0.05, 0.1) is 12.6 Å². The number of aliphatic hydroxyl groups is 2. The number of amides is 1. The van der Waals surface area contributed by atoms with E-state index in [1.807, 2.05) is 0 Å². The summed E-state index contributed by atoms with van der Waals surface area (Å²) in [5.41, 5.74) is 0.0176. The van der Waals surface area contributed by atoms with Crippen LogP contribution in [0.1, 0.15) is 17.2 Å². The molecule has 0 saturated carbocycles. The van der Waals surface area contributed by atoms with E-state index in [4.69, 9.17) is 0 Å². The van der Waals surface area contributed by atoms with E-state index in [-0.39, 0.29) is 6.42 Å². The first-order valence-electron chi connectivity index (χ1n) is 7.30. The van der Waals surface area contributed by atoms with Crippen molar-refractivity contribution in [2.24, 2.45) is 0 Å². The van der Waals surface area contributed by atoms with Crippen LogP contribution in [0.2, 0.25) is 0 Å². The molecule has 0 aliphatic carbocycles. The monoisotopic (exact) mass is 357 g/mol. The van der Waals surface area contributed by atoms with Crippen molar-refractivity contribution in [2.45, 2.75) is 18.6 Å². The Morgan fingerprint density at radius 3 is 2.28 bits per heavy atom. The highest BCUT2D eigenvalue weighted by molar-refractivity contribution is 5.82. The van der Waals surface area contributed by atoms with Crippen molar-refractivity contribution < 1.29 is 32.6 Å². The van der Waals surface area contributed by atoms with Gasteiger partial charge in [-0.1, -0.05) is 12.1 Å². The third-order valence-electron chi connectivity index (χ3n) is 3.51. The van der Waals surface area contributed by atoms with E-state index in [2.05, 4.69) is 5.32 Å². The Hall–Kier alpha value is -2.45. The summed E-state index contributed by atoms with van der Waals surface area (Å²) in [5.74, 6) is -6.32. The number of halogens is 4. The molecule has 0 heterocycles. The molecule has 1 amide bonds. The average molecular weight is 357 g/mol. The molecule has 0 fully saturated rings. The van der Waals surface area contributed by atoms with E-state index in [0.29, 0.717) is 17.7 Å². The maximum atomic E-state index is 13.2. The van der Waals surface area contributed by atoms with Crippen LogP contribution >= 0.6 is 0 Å². The summed E-state index contributed by atoms with van der Waals surface area (Å²) in [5, 5.41) is 21.5. The Morgan fingerprint density at radius 1 is 1.08 bits per heavy atom. The van der Waals surface area contributed by atoms with Gasteiger partial charge in [-0.3, -0.25) is 4.79 Å². The molecule has 2 rings (SSSR count).